The highest BCUT2D eigenvalue weighted by Gasteiger charge is 2.25. The number of rotatable bonds is 10. The van der Waals surface area contributed by atoms with Crippen molar-refractivity contribution in [2.75, 3.05) is 39.8 Å². The van der Waals surface area contributed by atoms with Gasteiger partial charge in [0.05, 0.1) is 7.11 Å². The first-order valence-electron chi connectivity index (χ1n) is 12.4. The molecule has 1 aliphatic carbocycles. The molecule has 0 bridgehead atoms. The third-order valence-corrected chi connectivity index (χ3v) is 8.47. The molecule has 0 atom stereocenters. The molecule has 3 nitrogen and oxygen atoms in total. The van der Waals surface area contributed by atoms with E-state index in [1.165, 1.54) is 101 Å². The van der Waals surface area contributed by atoms with E-state index in [2.05, 4.69) is 51.7 Å². The smallest absolute Gasteiger partial charge is 0.119 e. The lowest BCUT2D eigenvalue weighted by Crippen LogP contribution is -2.38. The fourth-order valence-electron chi connectivity index (χ4n) is 5.70. The van der Waals surface area contributed by atoms with Gasteiger partial charge in [0, 0.05) is 10.5 Å². The van der Waals surface area contributed by atoms with Gasteiger partial charge in [-0.3, -0.25) is 0 Å². The standard InChI is InChI=1S/C26H43BrN2O.2ClH/c1-4-29(5-2)24-10-8-21(9-11-24)7-6-16-28-17-14-22(15-18-28)19-23-20-25(30-3)12-13-26(23)27;;/h12-13,20-22,24H,4-11,14-19H2,1-3H3;2*1H/t21-,24+;;. The van der Waals surface area contributed by atoms with Crippen LogP contribution in [-0.4, -0.2) is 55.7 Å². The first kappa shape index (κ1) is 30.0. The summed E-state index contributed by atoms with van der Waals surface area (Å²) in [4.78, 5) is 5.39. The summed E-state index contributed by atoms with van der Waals surface area (Å²) in [6.07, 6.45) is 12.4. The van der Waals surface area contributed by atoms with E-state index in [0.29, 0.717) is 0 Å². The van der Waals surface area contributed by atoms with Gasteiger partial charge in [0.25, 0.3) is 0 Å². The zero-order valence-electron chi connectivity index (χ0n) is 20.4. The topological polar surface area (TPSA) is 15.7 Å². The molecule has 32 heavy (non-hydrogen) atoms. The molecule has 0 spiro atoms. The van der Waals surface area contributed by atoms with Crippen LogP contribution in [0.3, 0.4) is 0 Å². The number of nitrogens with zero attached hydrogens (tertiary/aromatic N) is 2. The molecule has 1 aromatic rings. The van der Waals surface area contributed by atoms with Crippen LogP contribution in [0.4, 0.5) is 0 Å². The quantitative estimate of drug-likeness (QED) is 0.305. The number of halogens is 3. The normalized spacial score (nSPS) is 22.3. The Morgan fingerprint density at radius 1 is 0.969 bits per heavy atom. The van der Waals surface area contributed by atoms with Crippen LogP contribution in [0.2, 0.25) is 0 Å². The van der Waals surface area contributed by atoms with Gasteiger partial charge in [-0.25, -0.2) is 0 Å². The molecule has 1 heterocycles. The Morgan fingerprint density at radius 3 is 2.22 bits per heavy atom. The average molecular weight is 552 g/mol. The van der Waals surface area contributed by atoms with Gasteiger partial charge in [-0.15, -0.1) is 24.8 Å². The van der Waals surface area contributed by atoms with Gasteiger partial charge in [-0.05, 0) is 126 Å². The largest absolute Gasteiger partial charge is 0.497 e. The number of hydrogen-bond acceptors (Lipinski definition) is 3. The molecule has 0 unspecified atom stereocenters. The maximum atomic E-state index is 5.41. The zero-order valence-corrected chi connectivity index (χ0v) is 23.6. The zero-order chi connectivity index (χ0) is 21.3. The molecule has 3 rings (SSSR count). The minimum atomic E-state index is 0. The van der Waals surface area contributed by atoms with Gasteiger partial charge < -0.3 is 14.5 Å². The monoisotopic (exact) mass is 550 g/mol. The van der Waals surface area contributed by atoms with Crippen LogP contribution in [0.15, 0.2) is 22.7 Å². The van der Waals surface area contributed by atoms with Crippen LogP contribution >= 0.6 is 40.7 Å². The van der Waals surface area contributed by atoms with E-state index in [4.69, 9.17) is 4.74 Å². The number of methoxy groups -OCH3 is 1. The van der Waals surface area contributed by atoms with Crippen LogP contribution < -0.4 is 4.74 Å². The van der Waals surface area contributed by atoms with E-state index in [9.17, 15) is 0 Å². The number of piperidine rings is 1. The van der Waals surface area contributed by atoms with Crippen molar-refractivity contribution in [1.82, 2.24) is 9.80 Å². The van der Waals surface area contributed by atoms with Crippen LogP contribution in [-0.2, 0) is 6.42 Å². The number of likely N-dealkylation sites (tertiary alicyclic amines) is 1. The molecule has 2 fully saturated rings. The molecule has 1 saturated carbocycles. The van der Waals surface area contributed by atoms with Gasteiger partial charge in [-0.1, -0.05) is 29.8 Å². The van der Waals surface area contributed by atoms with Crippen molar-refractivity contribution in [2.45, 2.75) is 77.7 Å². The van der Waals surface area contributed by atoms with E-state index >= 15 is 0 Å². The minimum Gasteiger partial charge on any atom is -0.497 e. The van der Waals surface area contributed by atoms with Crippen molar-refractivity contribution < 1.29 is 4.74 Å². The number of hydrogen-bond donors (Lipinski definition) is 0. The lowest BCUT2D eigenvalue weighted by molar-refractivity contribution is 0.139. The molecular formula is C26H45BrCl2N2O. The molecule has 0 radical (unpaired) electrons. The summed E-state index contributed by atoms with van der Waals surface area (Å²) >= 11 is 3.72. The average Bonchev–Trinajstić information content (AvgIpc) is 2.78. The maximum absolute atomic E-state index is 5.41. The summed E-state index contributed by atoms with van der Waals surface area (Å²) in [6.45, 7) is 10.9. The molecule has 1 saturated heterocycles. The van der Waals surface area contributed by atoms with E-state index < -0.39 is 0 Å². The molecule has 0 amide bonds. The molecule has 0 aromatic heterocycles. The van der Waals surface area contributed by atoms with E-state index in [-0.39, 0.29) is 24.8 Å². The highest BCUT2D eigenvalue weighted by molar-refractivity contribution is 9.10. The summed E-state index contributed by atoms with van der Waals surface area (Å²) < 4.78 is 6.63. The van der Waals surface area contributed by atoms with Crippen molar-refractivity contribution in [2.24, 2.45) is 11.8 Å². The van der Waals surface area contributed by atoms with Crippen molar-refractivity contribution in [3.8, 4) is 5.75 Å². The van der Waals surface area contributed by atoms with Gasteiger partial charge in [-0.2, -0.15) is 0 Å². The number of benzene rings is 1. The Balaban J connectivity index is 0.00000256. The van der Waals surface area contributed by atoms with E-state index in [0.717, 1.165) is 23.6 Å². The first-order valence-corrected chi connectivity index (χ1v) is 13.2. The van der Waals surface area contributed by atoms with Gasteiger partial charge in [0.1, 0.15) is 5.75 Å². The predicted molar refractivity (Wildman–Crippen MR) is 146 cm³/mol. The summed E-state index contributed by atoms with van der Waals surface area (Å²) in [5, 5.41) is 0. The van der Waals surface area contributed by atoms with E-state index in [1.807, 2.05) is 6.07 Å². The van der Waals surface area contributed by atoms with E-state index in [1.54, 1.807) is 7.11 Å². The summed E-state index contributed by atoms with van der Waals surface area (Å²) in [7, 11) is 1.75. The van der Waals surface area contributed by atoms with Gasteiger partial charge in [0.15, 0.2) is 0 Å². The predicted octanol–water partition coefficient (Wildman–Crippen LogP) is 7.24. The summed E-state index contributed by atoms with van der Waals surface area (Å²) in [6, 6.07) is 7.22. The molecule has 0 N–H and O–H groups in total. The fraction of sp³-hybridized carbons (Fsp3) is 0.769. The van der Waals surface area contributed by atoms with Crippen LogP contribution in [0.25, 0.3) is 0 Å². The SMILES string of the molecule is CCN(CC)[C@H]1CC[C@@H](CCCN2CCC(Cc3cc(OC)ccc3Br)CC2)CC1.Cl.Cl. The lowest BCUT2D eigenvalue weighted by Gasteiger charge is -2.36. The number of ether oxygens (including phenoxy) is 1. The second kappa shape index (κ2) is 15.8. The molecule has 1 aliphatic heterocycles. The van der Waals surface area contributed by atoms with Gasteiger partial charge in [0.2, 0.25) is 0 Å². The molecule has 2 aliphatic rings. The molecular weight excluding hydrogens is 507 g/mol. The van der Waals surface area contributed by atoms with Crippen molar-refractivity contribution >= 4 is 40.7 Å². The highest BCUT2D eigenvalue weighted by Crippen LogP contribution is 2.31. The lowest BCUT2D eigenvalue weighted by atomic mass is 9.82. The maximum Gasteiger partial charge on any atom is 0.119 e. The Hall–Kier alpha value is -0.000000000000000111. The Morgan fingerprint density at radius 2 is 1.62 bits per heavy atom. The van der Waals surface area contributed by atoms with Crippen molar-refractivity contribution in [3.63, 3.8) is 0 Å². The van der Waals surface area contributed by atoms with Crippen LogP contribution in [0, 0.1) is 11.8 Å². The highest BCUT2D eigenvalue weighted by atomic mass is 79.9. The Kier molecular flexibility index (Phi) is 14.8. The fourth-order valence-corrected chi connectivity index (χ4v) is 6.11. The van der Waals surface area contributed by atoms with Crippen LogP contribution in [0.5, 0.6) is 5.75 Å². The summed E-state index contributed by atoms with van der Waals surface area (Å²) in [5.74, 6) is 2.76. The van der Waals surface area contributed by atoms with Crippen molar-refractivity contribution in [3.05, 3.63) is 28.2 Å². The summed E-state index contributed by atoms with van der Waals surface area (Å²) in [5.41, 5.74) is 1.40. The third-order valence-electron chi connectivity index (χ3n) is 7.70. The van der Waals surface area contributed by atoms with Crippen LogP contribution in [0.1, 0.15) is 70.8 Å². The minimum absolute atomic E-state index is 0. The second-order valence-corrected chi connectivity index (χ2v) is 10.3. The Bertz CT molecular complexity index is 628. The Labute approximate surface area is 218 Å². The molecule has 6 heteroatoms. The van der Waals surface area contributed by atoms with Gasteiger partial charge >= 0.3 is 0 Å². The third kappa shape index (κ3) is 8.98. The van der Waals surface area contributed by atoms with Crippen molar-refractivity contribution in [1.29, 1.82) is 0 Å². The second-order valence-electron chi connectivity index (χ2n) is 9.48. The molecule has 1 aromatic carbocycles. The molecule has 186 valence electrons. The first-order chi connectivity index (χ1) is 14.6.